The van der Waals surface area contributed by atoms with Crippen molar-refractivity contribution in [1.29, 1.82) is 0 Å². The number of benzene rings is 1. The van der Waals surface area contributed by atoms with Crippen LogP contribution in [0.1, 0.15) is 12.0 Å². The first kappa shape index (κ1) is 12.7. The highest BCUT2D eigenvalue weighted by Crippen LogP contribution is 2.64. The minimum Gasteiger partial charge on any atom is -0.385 e. The molecular formula is C14H17Cl2NO. The molecule has 1 heterocycles. The van der Waals surface area contributed by atoms with Gasteiger partial charge in [-0.1, -0.05) is 29.3 Å². The highest BCUT2D eigenvalue weighted by Gasteiger charge is 2.66. The van der Waals surface area contributed by atoms with Crippen LogP contribution in [0.25, 0.3) is 0 Å². The van der Waals surface area contributed by atoms with Gasteiger partial charge in [0.25, 0.3) is 0 Å². The van der Waals surface area contributed by atoms with E-state index in [0.717, 1.165) is 38.0 Å². The number of methoxy groups -OCH3 is 1. The van der Waals surface area contributed by atoms with Crippen molar-refractivity contribution in [3.8, 4) is 0 Å². The van der Waals surface area contributed by atoms with Crippen molar-refractivity contribution in [3.63, 3.8) is 0 Å². The fourth-order valence-electron chi connectivity index (χ4n) is 3.65. The molecule has 3 atom stereocenters. The Morgan fingerprint density at radius 2 is 2.00 bits per heavy atom. The second-order valence-electron chi connectivity index (χ2n) is 5.28. The van der Waals surface area contributed by atoms with Gasteiger partial charge in [0.15, 0.2) is 0 Å². The number of hydrogen-bond acceptors (Lipinski definition) is 2. The van der Waals surface area contributed by atoms with E-state index in [9.17, 15) is 0 Å². The number of piperidine rings is 1. The van der Waals surface area contributed by atoms with Gasteiger partial charge in [-0.05, 0) is 49.0 Å². The maximum atomic E-state index is 6.16. The molecule has 2 nitrogen and oxygen atoms in total. The van der Waals surface area contributed by atoms with Crippen LogP contribution in [0.5, 0.6) is 0 Å². The molecule has 0 spiro atoms. The van der Waals surface area contributed by atoms with Gasteiger partial charge in [-0.3, -0.25) is 0 Å². The number of hydrogen-bond donors (Lipinski definition) is 1. The summed E-state index contributed by atoms with van der Waals surface area (Å²) in [5, 5.41) is 4.74. The van der Waals surface area contributed by atoms with Gasteiger partial charge in [-0.2, -0.15) is 0 Å². The molecule has 1 aliphatic heterocycles. The molecule has 4 heteroatoms. The van der Waals surface area contributed by atoms with Crippen LogP contribution in [0, 0.1) is 11.8 Å². The predicted octanol–water partition coefficient (Wildman–Crippen LogP) is 3.12. The van der Waals surface area contributed by atoms with E-state index in [1.165, 1.54) is 5.56 Å². The second-order valence-corrected chi connectivity index (χ2v) is 6.10. The van der Waals surface area contributed by atoms with Crippen molar-refractivity contribution in [3.05, 3.63) is 33.8 Å². The summed E-state index contributed by atoms with van der Waals surface area (Å²) in [5.74, 6) is 1.45. The van der Waals surface area contributed by atoms with Crippen molar-refractivity contribution in [2.45, 2.75) is 11.8 Å². The van der Waals surface area contributed by atoms with E-state index >= 15 is 0 Å². The van der Waals surface area contributed by atoms with E-state index in [2.05, 4.69) is 11.4 Å². The van der Waals surface area contributed by atoms with E-state index in [4.69, 9.17) is 27.9 Å². The summed E-state index contributed by atoms with van der Waals surface area (Å²) in [7, 11) is 1.76. The lowest BCUT2D eigenvalue weighted by Crippen LogP contribution is -2.26. The van der Waals surface area contributed by atoms with E-state index in [1.807, 2.05) is 12.1 Å². The van der Waals surface area contributed by atoms with Crippen LogP contribution >= 0.6 is 23.2 Å². The molecule has 2 fully saturated rings. The van der Waals surface area contributed by atoms with Crippen LogP contribution in [0.2, 0.25) is 10.0 Å². The second kappa shape index (κ2) is 4.68. The summed E-state index contributed by atoms with van der Waals surface area (Å²) in [6.07, 6.45) is 1.07. The Morgan fingerprint density at radius 1 is 1.28 bits per heavy atom. The quantitative estimate of drug-likeness (QED) is 0.918. The number of fused-ring (bicyclic) bond motifs is 1. The van der Waals surface area contributed by atoms with Crippen LogP contribution in [0.3, 0.4) is 0 Å². The lowest BCUT2D eigenvalue weighted by Gasteiger charge is -2.22. The van der Waals surface area contributed by atoms with Crippen LogP contribution < -0.4 is 5.32 Å². The number of rotatable bonds is 4. The van der Waals surface area contributed by atoms with E-state index in [0.29, 0.717) is 10.0 Å². The Bertz CT molecular complexity index is 453. The van der Waals surface area contributed by atoms with Crippen LogP contribution in [0.15, 0.2) is 18.2 Å². The zero-order valence-electron chi connectivity index (χ0n) is 10.4. The van der Waals surface area contributed by atoms with Gasteiger partial charge in [0.1, 0.15) is 0 Å². The first-order valence-corrected chi connectivity index (χ1v) is 7.11. The summed E-state index contributed by atoms with van der Waals surface area (Å²) in [6, 6.07) is 6.08. The molecule has 2 aliphatic rings. The number of nitrogens with one attached hydrogen (secondary N) is 1. The standard InChI is InChI=1S/C14H17Cl2NO/c1-18-5-4-14(10-7-17-8-11(10)14)9-2-3-12(15)13(16)6-9/h2-3,6,10-11,17H,4-5,7-8H2,1H3/t10-,11?,14?/m0/s1. The Hall–Kier alpha value is -0.280. The maximum absolute atomic E-state index is 6.16. The van der Waals surface area contributed by atoms with Crippen molar-refractivity contribution in [1.82, 2.24) is 5.32 Å². The summed E-state index contributed by atoms with van der Waals surface area (Å²) >= 11 is 12.2. The molecule has 0 aromatic heterocycles. The van der Waals surface area contributed by atoms with E-state index in [1.54, 1.807) is 7.11 Å². The molecule has 1 aromatic carbocycles. The largest absolute Gasteiger partial charge is 0.385 e. The molecule has 0 radical (unpaired) electrons. The summed E-state index contributed by atoms with van der Waals surface area (Å²) in [4.78, 5) is 0. The van der Waals surface area contributed by atoms with Gasteiger partial charge in [0, 0.05) is 19.1 Å². The smallest absolute Gasteiger partial charge is 0.0595 e. The van der Waals surface area contributed by atoms with Crippen molar-refractivity contribution in [2.75, 3.05) is 26.8 Å². The zero-order valence-corrected chi connectivity index (χ0v) is 11.9. The van der Waals surface area contributed by atoms with Gasteiger partial charge in [0.2, 0.25) is 0 Å². The fourth-order valence-corrected chi connectivity index (χ4v) is 3.95. The van der Waals surface area contributed by atoms with Gasteiger partial charge >= 0.3 is 0 Å². The van der Waals surface area contributed by atoms with E-state index in [-0.39, 0.29) is 5.41 Å². The molecular weight excluding hydrogens is 269 g/mol. The van der Waals surface area contributed by atoms with Gasteiger partial charge in [-0.15, -0.1) is 0 Å². The molecule has 2 unspecified atom stereocenters. The van der Waals surface area contributed by atoms with Gasteiger partial charge < -0.3 is 10.1 Å². The molecule has 18 heavy (non-hydrogen) atoms. The molecule has 0 bridgehead atoms. The van der Waals surface area contributed by atoms with Crippen molar-refractivity contribution < 1.29 is 4.74 Å². The average molecular weight is 286 g/mol. The molecule has 1 aromatic rings. The molecule has 98 valence electrons. The lowest BCUT2D eigenvalue weighted by atomic mass is 9.87. The Labute approximate surface area is 118 Å². The average Bonchev–Trinajstić information content (AvgIpc) is 2.74. The van der Waals surface area contributed by atoms with Crippen LogP contribution in [0.4, 0.5) is 0 Å². The molecule has 1 saturated heterocycles. The Morgan fingerprint density at radius 3 is 2.61 bits per heavy atom. The lowest BCUT2D eigenvalue weighted by molar-refractivity contribution is 0.179. The predicted molar refractivity (Wildman–Crippen MR) is 74.5 cm³/mol. The zero-order chi connectivity index (χ0) is 12.8. The fraction of sp³-hybridized carbons (Fsp3) is 0.571. The third-order valence-corrected chi connectivity index (χ3v) is 5.34. The molecule has 0 amide bonds. The van der Waals surface area contributed by atoms with Crippen molar-refractivity contribution in [2.24, 2.45) is 11.8 Å². The first-order chi connectivity index (χ1) is 8.70. The molecule has 1 saturated carbocycles. The highest BCUT2D eigenvalue weighted by molar-refractivity contribution is 6.42. The number of ether oxygens (including phenoxy) is 1. The minimum atomic E-state index is 0.259. The minimum absolute atomic E-state index is 0.259. The first-order valence-electron chi connectivity index (χ1n) is 6.35. The molecule has 3 rings (SSSR count). The summed E-state index contributed by atoms with van der Waals surface area (Å²) in [5.41, 5.74) is 1.58. The SMILES string of the molecule is COCCC1(c2ccc(Cl)c(Cl)c2)C2CNC[C@@H]21. The molecule has 1 aliphatic carbocycles. The third-order valence-electron chi connectivity index (χ3n) is 4.61. The highest BCUT2D eigenvalue weighted by atomic mass is 35.5. The monoisotopic (exact) mass is 285 g/mol. The van der Waals surface area contributed by atoms with Gasteiger partial charge in [-0.25, -0.2) is 0 Å². The molecule has 1 N–H and O–H groups in total. The normalized spacial score (nSPS) is 33.5. The topological polar surface area (TPSA) is 21.3 Å². The third kappa shape index (κ3) is 1.78. The number of halogens is 2. The summed E-state index contributed by atoms with van der Waals surface area (Å²) < 4.78 is 5.28. The van der Waals surface area contributed by atoms with Crippen LogP contribution in [-0.4, -0.2) is 26.8 Å². The Kier molecular flexibility index (Phi) is 3.31. The van der Waals surface area contributed by atoms with Gasteiger partial charge in [0.05, 0.1) is 10.0 Å². The maximum Gasteiger partial charge on any atom is 0.0595 e. The van der Waals surface area contributed by atoms with Crippen LogP contribution in [-0.2, 0) is 10.2 Å². The van der Waals surface area contributed by atoms with E-state index < -0.39 is 0 Å². The Balaban J connectivity index is 1.92. The summed E-state index contributed by atoms with van der Waals surface area (Å²) in [6.45, 7) is 3.01. The van der Waals surface area contributed by atoms with Crippen molar-refractivity contribution >= 4 is 23.2 Å².